The monoisotopic (exact) mass is 193 g/mol. The Morgan fingerprint density at radius 1 is 1.50 bits per heavy atom. The predicted octanol–water partition coefficient (Wildman–Crippen LogP) is 2.44. The summed E-state index contributed by atoms with van der Waals surface area (Å²) in [6.45, 7) is 2.86. The number of ether oxygens (including phenoxy) is 1. The van der Waals surface area contributed by atoms with E-state index >= 15 is 0 Å². The van der Waals surface area contributed by atoms with Crippen molar-refractivity contribution in [2.24, 2.45) is 0 Å². The standard InChI is InChI=1S/C8H16ClNO2/c1-3-4-5-6-10(2)8(11)12-7-9/h3-7H2,1-2H3. The molecule has 0 aliphatic rings. The molecule has 0 aliphatic heterocycles. The molecule has 12 heavy (non-hydrogen) atoms. The van der Waals surface area contributed by atoms with Crippen LogP contribution in [0.1, 0.15) is 26.2 Å². The van der Waals surface area contributed by atoms with Gasteiger partial charge < -0.3 is 9.64 Å². The van der Waals surface area contributed by atoms with Crippen molar-refractivity contribution in [2.75, 3.05) is 19.7 Å². The van der Waals surface area contributed by atoms with Crippen LogP contribution in [0, 0.1) is 0 Å². The van der Waals surface area contributed by atoms with Crippen LogP contribution in [0.3, 0.4) is 0 Å². The third-order valence-corrected chi connectivity index (χ3v) is 1.70. The summed E-state index contributed by atoms with van der Waals surface area (Å²) >= 11 is 5.23. The van der Waals surface area contributed by atoms with Crippen LogP contribution in [0.25, 0.3) is 0 Å². The summed E-state index contributed by atoms with van der Waals surface area (Å²) in [7, 11) is 1.71. The number of hydrogen-bond donors (Lipinski definition) is 0. The Kier molecular flexibility index (Phi) is 6.96. The SMILES string of the molecule is CCCCCN(C)C(=O)OCCl. The number of carbonyl (C=O) groups is 1. The van der Waals surface area contributed by atoms with Gasteiger partial charge in [-0.3, -0.25) is 0 Å². The molecule has 0 aromatic carbocycles. The molecule has 4 heteroatoms. The van der Waals surface area contributed by atoms with E-state index in [4.69, 9.17) is 11.6 Å². The number of hydrogen-bond acceptors (Lipinski definition) is 2. The van der Waals surface area contributed by atoms with Gasteiger partial charge in [0.1, 0.15) is 0 Å². The Labute approximate surface area is 78.6 Å². The minimum absolute atomic E-state index is 0.0725. The molecule has 0 saturated carbocycles. The van der Waals surface area contributed by atoms with Crippen LogP contribution >= 0.6 is 11.6 Å². The molecule has 0 aromatic heterocycles. The first kappa shape index (κ1) is 11.6. The molecule has 0 aromatic rings. The van der Waals surface area contributed by atoms with Crippen LogP contribution < -0.4 is 0 Å². The van der Waals surface area contributed by atoms with Crippen LogP contribution in [0.2, 0.25) is 0 Å². The molecule has 0 spiro atoms. The van der Waals surface area contributed by atoms with E-state index in [1.165, 1.54) is 4.90 Å². The Morgan fingerprint density at radius 3 is 2.67 bits per heavy atom. The summed E-state index contributed by atoms with van der Waals surface area (Å²) in [5.74, 6) is 0. The van der Waals surface area contributed by atoms with E-state index in [9.17, 15) is 4.79 Å². The fourth-order valence-corrected chi connectivity index (χ4v) is 0.940. The lowest BCUT2D eigenvalue weighted by atomic mass is 10.2. The van der Waals surface area contributed by atoms with E-state index in [2.05, 4.69) is 11.7 Å². The van der Waals surface area contributed by atoms with Crippen molar-refractivity contribution in [3.8, 4) is 0 Å². The highest BCUT2D eigenvalue weighted by atomic mass is 35.5. The zero-order valence-corrected chi connectivity index (χ0v) is 8.43. The van der Waals surface area contributed by atoms with Gasteiger partial charge in [-0.1, -0.05) is 31.4 Å². The lowest BCUT2D eigenvalue weighted by Gasteiger charge is -2.15. The summed E-state index contributed by atoms with van der Waals surface area (Å²) in [4.78, 5) is 12.5. The molecule has 0 N–H and O–H groups in total. The zero-order chi connectivity index (χ0) is 9.40. The molecule has 0 unspecified atom stereocenters. The molecule has 0 fully saturated rings. The summed E-state index contributed by atoms with van der Waals surface area (Å²) in [5.41, 5.74) is 0. The van der Waals surface area contributed by atoms with Crippen molar-refractivity contribution < 1.29 is 9.53 Å². The number of unbranched alkanes of at least 4 members (excludes halogenated alkanes) is 2. The van der Waals surface area contributed by atoms with E-state index in [0.717, 1.165) is 25.8 Å². The Balaban J connectivity index is 3.42. The molecular weight excluding hydrogens is 178 g/mol. The highest BCUT2D eigenvalue weighted by molar-refractivity contribution is 6.17. The van der Waals surface area contributed by atoms with Gasteiger partial charge >= 0.3 is 6.09 Å². The van der Waals surface area contributed by atoms with Crippen LogP contribution in [0.4, 0.5) is 4.79 Å². The number of rotatable bonds is 5. The average molecular weight is 194 g/mol. The number of carbonyl (C=O) groups excluding carboxylic acids is 1. The molecule has 0 atom stereocenters. The van der Waals surface area contributed by atoms with Gasteiger partial charge in [0.15, 0.2) is 6.07 Å². The zero-order valence-electron chi connectivity index (χ0n) is 7.68. The highest BCUT2D eigenvalue weighted by Gasteiger charge is 2.07. The molecule has 1 amide bonds. The van der Waals surface area contributed by atoms with Gasteiger partial charge in [0.05, 0.1) is 0 Å². The first-order valence-corrected chi connectivity index (χ1v) is 4.69. The second kappa shape index (κ2) is 7.22. The molecule has 0 bridgehead atoms. The van der Waals surface area contributed by atoms with E-state index in [0.29, 0.717) is 0 Å². The maximum Gasteiger partial charge on any atom is 0.410 e. The van der Waals surface area contributed by atoms with E-state index < -0.39 is 0 Å². The Hall–Kier alpha value is -0.440. The van der Waals surface area contributed by atoms with E-state index in [1.54, 1.807) is 7.05 Å². The fourth-order valence-electron chi connectivity index (χ4n) is 0.847. The molecule has 0 rings (SSSR count). The van der Waals surface area contributed by atoms with Gasteiger partial charge in [-0.15, -0.1) is 0 Å². The van der Waals surface area contributed by atoms with Crippen LogP contribution in [0.15, 0.2) is 0 Å². The Morgan fingerprint density at radius 2 is 2.17 bits per heavy atom. The van der Waals surface area contributed by atoms with Gasteiger partial charge in [-0.05, 0) is 6.42 Å². The van der Waals surface area contributed by atoms with Gasteiger partial charge in [-0.25, -0.2) is 4.79 Å². The number of nitrogens with zero attached hydrogens (tertiary/aromatic N) is 1. The number of alkyl halides is 1. The summed E-state index contributed by atoms with van der Waals surface area (Å²) in [6.07, 6.45) is 2.96. The van der Waals surface area contributed by atoms with Crippen molar-refractivity contribution in [3.63, 3.8) is 0 Å². The molecule has 0 saturated heterocycles. The number of halogens is 1. The van der Waals surface area contributed by atoms with Crippen molar-refractivity contribution in [3.05, 3.63) is 0 Å². The normalized spacial score (nSPS) is 9.58. The second-order valence-corrected chi connectivity index (χ2v) is 2.87. The molecular formula is C8H16ClNO2. The van der Waals surface area contributed by atoms with Crippen LogP contribution in [-0.2, 0) is 4.74 Å². The largest absolute Gasteiger partial charge is 0.433 e. The summed E-state index contributed by atoms with van der Waals surface area (Å²) in [6, 6.07) is -0.0725. The van der Waals surface area contributed by atoms with Gasteiger partial charge in [0, 0.05) is 13.6 Å². The van der Waals surface area contributed by atoms with Crippen molar-refractivity contribution >= 4 is 17.7 Å². The molecule has 0 aliphatic carbocycles. The van der Waals surface area contributed by atoms with E-state index in [-0.39, 0.29) is 12.2 Å². The van der Waals surface area contributed by atoms with E-state index in [1.807, 2.05) is 0 Å². The molecule has 0 heterocycles. The first-order valence-electron chi connectivity index (χ1n) is 4.16. The van der Waals surface area contributed by atoms with Gasteiger partial charge in [0.25, 0.3) is 0 Å². The molecule has 0 radical (unpaired) electrons. The van der Waals surface area contributed by atoms with Crippen LogP contribution in [-0.4, -0.2) is 30.7 Å². The van der Waals surface area contributed by atoms with Gasteiger partial charge in [-0.2, -0.15) is 0 Å². The topological polar surface area (TPSA) is 29.5 Å². The Bertz CT molecular complexity index is 130. The third-order valence-electron chi connectivity index (χ3n) is 1.59. The van der Waals surface area contributed by atoms with Crippen molar-refractivity contribution in [1.29, 1.82) is 0 Å². The first-order chi connectivity index (χ1) is 5.72. The summed E-state index contributed by atoms with van der Waals surface area (Å²) < 4.78 is 4.59. The van der Waals surface area contributed by atoms with Gasteiger partial charge in [0.2, 0.25) is 0 Å². The summed E-state index contributed by atoms with van der Waals surface area (Å²) in [5, 5.41) is 0. The minimum atomic E-state index is -0.346. The second-order valence-electron chi connectivity index (χ2n) is 2.65. The quantitative estimate of drug-likeness (QED) is 0.496. The lowest BCUT2D eigenvalue weighted by molar-refractivity contribution is 0.126. The molecule has 3 nitrogen and oxygen atoms in total. The minimum Gasteiger partial charge on any atom is -0.433 e. The third kappa shape index (κ3) is 5.24. The van der Waals surface area contributed by atoms with Crippen LogP contribution in [0.5, 0.6) is 0 Å². The predicted molar refractivity (Wildman–Crippen MR) is 49.4 cm³/mol. The lowest BCUT2D eigenvalue weighted by Crippen LogP contribution is -2.28. The number of amides is 1. The smallest absolute Gasteiger partial charge is 0.410 e. The maximum absolute atomic E-state index is 11.0. The van der Waals surface area contributed by atoms with Crippen molar-refractivity contribution in [1.82, 2.24) is 4.90 Å². The van der Waals surface area contributed by atoms with Crippen molar-refractivity contribution in [2.45, 2.75) is 26.2 Å². The average Bonchev–Trinajstić information content (AvgIpc) is 2.05. The highest BCUT2D eigenvalue weighted by Crippen LogP contribution is 1.98. The molecule has 72 valence electrons. The maximum atomic E-state index is 11.0. The fraction of sp³-hybridized carbons (Fsp3) is 0.875.